The smallest absolute Gasteiger partial charge is 0.310 e. The molecule has 108 valence electrons. The highest BCUT2D eigenvalue weighted by molar-refractivity contribution is 6.00. The maximum Gasteiger partial charge on any atom is 0.310 e. The van der Waals surface area contributed by atoms with Crippen LogP contribution in [0.2, 0.25) is 0 Å². The lowest BCUT2D eigenvalue weighted by Gasteiger charge is -2.28. The summed E-state index contributed by atoms with van der Waals surface area (Å²) in [5.41, 5.74) is 2.27. The van der Waals surface area contributed by atoms with E-state index in [2.05, 4.69) is 6.07 Å². The number of benzene rings is 1. The van der Waals surface area contributed by atoms with Gasteiger partial charge in [-0.1, -0.05) is 18.2 Å². The van der Waals surface area contributed by atoms with Crippen LogP contribution in [0.5, 0.6) is 0 Å². The number of anilines is 1. The fraction of sp³-hybridized carbons (Fsp3) is 0.529. The first-order valence-electron chi connectivity index (χ1n) is 7.84. The Hall–Kier alpha value is -1.84. The number of amides is 1. The normalized spacial score (nSPS) is 38.8. The van der Waals surface area contributed by atoms with Crippen molar-refractivity contribution in [1.29, 1.82) is 0 Å². The molecular weight excluding hydrogens is 266 g/mol. The lowest BCUT2D eigenvalue weighted by Crippen LogP contribution is -2.42. The molecular formula is C17H17NO3. The number of carbonyl (C=O) groups excluding carboxylic acids is 2. The highest BCUT2D eigenvalue weighted by Crippen LogP contribution is 2.58. The van der Waals surface area contributed by atoms with Crippen molar-refractivity contribution >= 4 is 17.6 Å². The van der Waals surface area contributed by atoms with Crippen LogP contribution in [0.25, 0.3) is 0 Å². The van der Waals surface area contributed by atoms with Crippen LogP contribution < -0.4 is 4.90 Å². The van der Waals surface area contributed by atoms with Gasteiger partial charge in [0.25, 0.3) is 0 Å². The molecule has 1 aromatic rings. The number of esters is 1. The van der Waals surface area contributed by atoms with Crippen LogP contribution in [0.1, 0.15) is 18.4 Å². The van der Waals surface area contributed by atoms with Gasteiger partial charge in [-0.05, 0) is 36.8 Å². The van der Waals surface area contributed by atoms with Gasteiger partial charge in [-0.2, -0.15) is 0 Å². The van der Waals surface area contributed by atoms with E-state index in [-0.39, 0.29) is 29.8 Å². The van der Waals surface area contributed by atoms with Gasteiger partial charge in [0, 0.05) is 18.2 Å². The maximum atomic E-state index is 13.1. The monoisotopic (exact) mass is 283 g/mol. The third kappa shape index (κ3) is 1.40. The highest BCUT2D eigenvalue weighted by atomic mass is 16.6. The molecule has 2 bridgehead atoms. The van der Waals surface area contributed by atoms with Crippen LogP contribution in [0.15, 0.2) is 24.3 Å². The summed E-state index contributed by atoms with van der Waals surface area (Å²) in [6, 6.07) is 8.10. The summed E-state index contributed by atoms with van der Waals surface area (Å²) in [7, 11) is 0. The van der Waals surface area contributed by atoms with Crippen LogP contribution in [-0.2, 0) is 20.7 Å². The number of hydrogen-bond donors (Lipinski definition) is 0. The summed E-state index contributed by atoms with van der Waals surface area (Å²) in [5, 5.41) is 0. The fourth-order valence-electron chi connectivity index (χ4n) is 5.09. The van der Waals surface area contributed by atoms with Gasteiger partial charge in [-0.25, -0.2) is 0 Å². The first-order chi connectivity index (χ1) is 10.2. The van der Waals surface area contributed by atoms with Crippen molar-refractivity contribution in [3.05, 3.63) is 29.8 Å². The van der Waals surface area contributed by atoms with Crippen molar-refractivity contribution in [1.82, 2.24) is 0 Å². The Morgan fingerprint density at radius 2 is 2.10 bits per heavy atom. The SMILES string of the molecule is O=C1O[C@@H]2C[C@H]3C[C@@H]2[C@@H]1[C@H]3C(=O)N1CCc2ccccc21. The Morgan fingerprint density at radius 3 is 3.00 bits per heavy atom. The van der Waals surface area contributed by atoms with Crippen molar-refractivity contribution in [3.63, 3.8) is 0 Å². The standard InChI is InChI=1S/C17H17NO3/c19-16(18-6-5-9-3-1-2-4-12(9)18)14-10-7-11-13(8-10)21-17(20)15(11)14/h1-4,10-11,13-15H,5-8H2/t10-,11+,13-,14+,15-/m1/s1. The van der Waals surface area contributed by atoms with E-state index in [1.54, 1.807) is 0 Å². The predicted octanol–water partition coefficient (Wildman–Crippen LogP) is 1.77. The molecule has 4 nitrogen and oxygen atoms in total. The molecule has 1 saturated heterocycles. The van der Waals surface area contributed by atoms with E-state index in [0.29, 0.717) is 11.8 Å². The molecule has 5 atom stereocenters. The second kappa shape index (κ2) is 3.87. The molecule has 2 aliphatic heterocycles. The Balaban J connectivity index is 1.49. The molecule has 2 aliphatic carbocycles. The van der Waals surface area contributed by atoms with Crippen LogP contribution in [0.3, 0.4) is 0 Å². The summed E-state index contributed by atoms with van der Waals surface area (Å²) in [6.07, 6.45) is 2.90. The Morgan fingerprint density at radius 1 is 1.24 bits per heavy atom. The summed E-state index contributed by atoms with van der Waals surface area (Å²) < 4.78 is 5.44. The second-order valence-corrected chi connectivity index (χ2v) is 6.79. The zero-order chi connectivity index (χ0) is 14.1. The molecule has 2 saturated carbocycles. The van der Waals surface area contributed by atoms with E-state index in [1.807, 2.05) is 23.1 Å². The van der Waals surface area contributed by atoms with E-state index in [0.717, 1.165) is 31.5 Å². The minimum atomic E-state index is -0.172. The number of ether oxygens (including phenoxy) is 1. The minimum Gasteiger partial charge on any atom is -0.462 e. The number of nitrogens with zero attached hydrogens (tertiary/aromatic N) is 1. The highest BCUT2D eigenvalue weighted by Gasteiger charge is 2.64. The largest absolute Gasteiger partial charge is 0.462 e. The first kappa shape index (κ1) is 11.8. The minimum absolute atomic E-state index is 0.0995. The maximum absolute atomic E-state index is 13.1. The van der Waals surface area contributed by atoms with Crippen molar-refractivity contribution in [3.8, 4) is 0 Å². The van der Waals surface area contributed by atoms with Gasteiger partial charge in [0.15, 0.2) is 0 Å². The van der Waals surface area contributed by atoms with Crippen LogP contribution in [-0.4, -0.2) is 24.5 Å². The van der Waals surface area contributed by atoms with Crippen molar-refractivity contribution in [2.75, 3.05) is 11.4 Å². The number of fused-ring (bicyclic) bond motifs is 2. The topological polar surface area (TPSA) is 46.6 Å². The average Bonchev–Trinajstić information content (AvgIpc) is 3.19. The molecule has 5 rings (SSSR count). The van der Waals surface area contributed by atoms with Gasteiger partial charge in [-0.15, -0.1) is 0 Å². The molecule has 0 spiro atoms. The van der Waals surface area contributed by atoms with Crippen molar-refractivity contribution in [2.24, 2.45) is 23.7 Å². The van der Waals surface area contributed by atoms with E-state index >= 15 is 0 Å². The molecule has 2 heterocycles. The van der Waals surface area contributed by atoms with Crippen molar-refractivity contribution < 1.29 is 14.3 Å². The molecule has 4 aliphatic rings. The molecule has 1 amide bonds. The third-order valence-corrected chi connectivity index (χ3v) is 5.92. The zero-order valence-electron chi connectivity index (χ0n) is 11.7. The second-order valence-electron chi connectivity index (χ2n) is 6.79. The molecule has 1 aromatic carbocycles. The van der Waals surface area contributed by atoms with E-state index in [4.69, 9.17) is 4.74 Å². The lowest BCUT2D eigenvalue weighted by atomic mass is 9.79. The molecule has 0 N–H and O–H groups in total. The van der Waals surface area contributed by atoms with Gasteiger partial charge in [0.1, 0.15) is 6.10 Å². The average molecular weight is 283 g/mol. The molecule has 21 heavy (non-hydrogen) atoms. The quantitative estimate of drug-likeness (QED) is 0.738. The lowest BCUT2D eigenvalue weighted by molar-refractivity contribution is -0.145. The Kier molecular flexibility index (Phi) is 2.17. The number of carbonyl (C=O) groups is 2. The number of rotatable bonds is 1. The molecule has 0 unspecified atom stereocenters. The molecule has 3 fully saturated rings. The Labute approximate surface area is 123 Å². The van der Waals surface area contributed by atoms with Crippen LogP contribution >= 0.6 is 0 Å². The summed E-state index contributed by atoms with van der Waals surface area (Å²) in [5.74, 6) is 0.345. The van der Waals surface area contributed by atoms with E-state index in [9.17, 15) is 9.59 Å². The first-order valence-corrected chi connectivity index (χ1v) is 7.84. The summed E-state index contributed by atoms with van der Waals surface area (Å²) in [6.45, 7) is 0.747. The van der Waals surface area contributed by atoms with Crippen molar-refractivity contribution in [2.45, 2.75) is 25.4 Å². The third-order valence-electron chi connectivity index (χ3n) is 5.92. The fourth-order valence-corrected chi connectivity index (χ4v) is 5.09. The molecule has 0 aromatic heterocycles. The summed E-state index contributed by atoms with van der Waals surface area (Å²) in [4.78, 5) is 27.0. The van der Waals surface area contributed by atoms with Gasteiger partial charge in [0.2, 0.25) is 5.91 Å². The molecule has 4 heteroatoms. The number of hydrogen-bond acceptors (Lipinski definition) is 3. The van der Waals surface area contributed by atoms with Gasteiger partial charge in [0.05, 0.1) is 11.8 Å². The molecule has 0 radical (unpaired) electrons. The predicted molar refractivity (Wildman–Crippen MR) is 75.6 cm³/mol. The van der Waals surface area contributed by atoms with E-state index in [1.165, 1.54) is 5.56 Å². The summed E-state index contributed by atoms with van der Waals surface area (Å²) >= 11 is 0. The zero-order valence-corrected chi connectivity index (χ0v) is 11.7. The van der Waals surface area contributed by atoms with Gasteiger partial charge >= 0.3 is 5.97 Å². The van der Waals surface area contributed by atoms with Gasteiger partial charge in [-0.3, -0.25) is 9.59 Å². The van der Waals surface area contributed by atoms with Gasteiger partial charge < -0.3 is 9.64 Å². The van der Waals surface area contributed by atoms with Crippen LogP contribution in [0.4, 0.5) is 5.69 Å². The van der Waals surface area contributed by atoms with E-state index < -0.39 is 0 Å². The Bertz CT molecular complexity index is 653. The van der Waals surface area contributed by atoms with Crippen LogP contribution in [0, 0.1) is 23.7 Å². The number of para-hydroxylation sites is 1.